The van der Waals surface area contributed by atoms with Crippen LogP contribution in [0.2, 0.25) is 0 Å². The molecule has 0 aliphatic carbocycles. The van der Waals surface area contributed by atoms with Gasteiger partial charge in [0.2, 0.25) is 17.6 Å². The smallest absolute Gasteiger partial charge is 0.408 e. The van der Waals surface area contributed by atoms with Crippen LogP contribution < -0.4 is 5.32 Å². The van der Waals surface area contributed by atoms with E-state index in [0.717, 1.165) is 4.88 Å². The number of carbonyl (C=O) groups excluding carboxylic acids is 2. The van der Waals surface area contributed by atoms with Gasteiger partial charge in [0.15, 0.2) is 0 Å². The SMILES string of the molecule is C[C@@H](NC(=O)OC(C)(C)C)C(=O)N1CCN(Cc2nc(-c3cccs3)no2)CC1. The minimum Gasteiger partial charge on any atom is -0.444 e. The molecule has 1 saturated heterocycles. The van der Waals surface area contributed by atoms with Crippen LogP contribution in [0.5, 0.6) is 0 Å². The van der Waals surface area contributed by atoms with E-state index in [0.29, 0.717) is 44.4 Å². The third-order valence-corrected chi connectivity index (χ3v) is 5.22. The van der Waals surface area contributed by atoms with Gasteiger partial charge in [-0.05, 0) is 39.1 Å². The second-order valence-electron chi connectivity index (χ2n) is 7.96. The highest BCUT2D eigenvalue weighted by Crippen LogP contribution is 2.21. The van der Waals surface area contributed by atoms with Crippen molar-refractivity contribution >= 4 is 23.3 Å². The highest BCUT2D eigenvalue weighted by atomic mass is 32.1. The minimum absolute atomic E-state index is 0.117. The number of aromatic nitrogens is 2. The van der Waals surface area contributed by atoms with Gasteiger partial charge < -0.3 is 19.5 Å². The molecule has 2 aromatic heterocycles. The van der Waals surface area contributed by atoms with Gasteiger partial charge in [-0.3, -0.25) is 9.69 Å². The summed E-state index contributed by atoms with van der Waals surface area (Å²) < 4.78 is 10.6. The lowest BCUT2D eigenvalue weighted by atomic mass is 10.2. The van der Waals surface area contributed by atoms with E-state index in [-0.39, 0.29) is 5.91 Å². The first-order chi connectivity index (χ1) is 13.7. The summed E-state index contributed by atoms with van der Waals surface area (Å²) in [5, 5.41) is 8.60. The number of nitrogens with zero attached hydrogens (tertiary/aromatic N) is 4. The standard InChI is InChI=1S/C19H27N5O4S/c1-13(20-18(26)27-19(2,3)4)17(25)24-9-7-23(8-10-24)12-15-21-16(22-28-15)14-6-5-11-29-14/h5-6,11,13H,7-10,12H2,1-4H3,(H,20,26)/t13-/m1/s1. The molecule has 0 radical (unpaired) electrons. The van der Waals surface area contributed by atoms with Gasteiger partial charge in [0.25, 0.3) is 0 Å². The molecule has 158 valence electrons. The quantitative estimate of drug-likeness (QED) is 0.791. The number of carbonyl (C=O) groups is 2. The highest BCUT2D eigenvalue weighted by Gasteiger charge is 2.28. The van der Waals surface area contributed by atoms with Crippen molar-refractivity contribution in [2.75, 3.05) is 26.2 Å². The summed E-state index contributed by atoms with van der Waals surface area (Å²) in [5.41, 5.74) is -0.601. The van der Waals surface area contributed by atoms with Crippen LogP contribution in [0.15, 0.2) is 22.0 Å². The highest BCUT2D eigenvalue weighted by molar-refractivity contribution is 7.13. The number of amides is 2. The van der Waals surface area contributed by atoms with Crippen LogP contribution in [-0.2, 0) is 16.1 Å². The number of hydrogen-bond donors (Lipinski definition) is 1. The number of rotatable bonds is 5. The predicted molar refractivity (Wildman–Crippen MR) is 108 cm³/mol. The van der Waals surface area contributed by atoms with Crippen molar-refractivity contribution in [2.24, 2.45) is 0 Å². The fraction of sp³-hybridized carbons (Fsp3) is 0.579. The average molecular weight is 422 g/mol. The molecule has 0 spiro atoms. The van der Waals surface area contributed by atoms with Crippen LogP contribution >= 0.6 is 11.3 Å². The van der Waals surface area contributed by atoms with Crippen molar-refractivity contribution < 1.29 is 18.8 Å². The first-order valence-electron chi connectivity index (χ1n) is 9.58. The number of piperazine rings is 1. The lowest BCUT2D eigenvalue weighted by molar-refractivity contribution is -0.134. The molecule has 10 heteroatoms. The molecule has 3 heterocycles. The van der Waals surface area contributed by atoms with Gasteiger partial charge in [-0.25, -0.2) is 4.79 Å². The number of hydrogen-bond acceptors (Lipinski definition) is 8. The van der Waals surface area contributed by atoms with E-state index < -0.39 is 17.7 Å². The first kappa shape index (κ1) is 21.3. The monoisotopic (exact) mass is 421 g/mol. The maximum absolute atomic E-state index is 12.6. The number of ether oxygens (including phenoxy) is 1. The Morgan fingerprint density at radius 3 is 2.66 bits per heavy atom. The molecular weight excluding hydrogens is 394 g/mol. The van der Waals surface area contributed by atoms with Crippen LogP contribution in [0.3, 0.4) is 0 Å². The van der Waals surface area contributed by atoms with Gasteiger partial charge in [0.05, 0.1) is 11.4 Å². The second-order valence-corrected chi connectivity index (χ2v) is 8.91. The number of alkyl carbamates (subject to hydrolysis) is 1. The van der Waals surface area contributed by atoms with E-state index in [4.69, 9.17) is 9.26 Å². The lowest BCUT2D eigenvalue weighted by Crippen LogP contribution is -2.54. The van der Waals surface area contributed by atoms with Crippen LogP contribution in [0, 0.1) is 0 Å². The van der Waals surface area contributed by atoms with Gasteiger partial charge in [0, 0.05) is 26.2 Å². The minimum atomic E-state index is -0.638. The molecule has 0 bridgehead atoms. The largest absolute Gasteiger partial charge is 0.444 e. The van der Waals surface area contributed by atoms with E-state index in [9.17, 15) is 9.59 Å². The molecule has 1 aliphatic heterocycles. The van der Waals surface area contributed by atoms with Crippen molar-refractivity contribution in [3.63, 3.8) is 0 Å². The summed E-state index contributed by atoms with van der Waals surface area (Å²) in [6.45, 7) is 10.1. The molecule has 1 atom stereocenters. The van der Waals surface area contributed by atoms with Crippen LogP contribution in [-0.4, -0.2) is 69.8 Å². The molecule has 1 N–H and O–H groups in total. The van der Waals surface area contributed by atoms with E-state index in [1.54, 1.807) is 43.9 Å². The van der Waals surface area contributed by atoms with E-state index in [2.05, 4.69) is 20.4 Å². The van der Waals surface area contributed by atoms with E-state index >= 15 is 0 Å². The number of nitrogens with one attached hydrogen (secondary N) is 1. The third-order valence-electron chi connectivity index (χ3n) is 4.36. The Hall–Kier alpha value is -2.46. The Bertz CT molecular complexity index is 822. The average Bonchev–Trinajstić information content (AvgIpc) is 3.31. The summed E-state index contributed by atoms with van der Waals surface area (Å²) >= 11 is 1.57. The first-order valence-corrected chi connectivity index (χ1v) is 10.5. The van der Waals surface area contributed by atoms with Gasteiger partial charge in [0.1, 0.15) is 11.6 Å². The van der Waals surface area contributed by atoms with Gasteiger partial charge in [-0.2, -0.15) is 4.98 Å². The Kier molecular flexibility index (Phi) is 6.53. The van der Waals surface area contributed by atoms with Crippen molar-refractivity contribution in [3.8, 4) is 10.7 Å². The molecule has 2 aromatic rings. The Morgan fingerprint density at radius 1 is 1.31 bits per heavy atom. The molecule has 0 aromatic carbocycles. The second kappa shape index (κ2) is 8.91. The van der Waals surface area contributed by atoms with E-state index in [1.165, 1.54) is 0 Å². The lowest BCUT2D eigenvalue weighted by Gasteiger charge is -2.35. The molecule has 0 saturated carbocycles. The fourth-order valence-corrected chi connectivity index (χ4v) is 3.61. The summed E-state index contributed by atoms with van der Waals surface area (Å²) in [7, 11) is 0. The molecular formula is C19H27N5O4S. The molecule has 1 aliphatic rings. The topological polar surface area (TPSA) is 101 Å². The summed E-state index contributed by atoms with van der Waals surface area (Å²) in [6, 6.07) is 3.27. The fourth-order valence-electron chi connectivity index (χ4n) is 2.96. The normalized spacial score (nSPS) is 16.5. The number of thiophene rings is 1. The predicted octanol–water partition coefficient (Wildman–Crippen LogP) is 2.36. The van der Waals surface area contributed by atoms with Crippen molar-refractivity contribution in [3.05, 3.63) is 23.4 Å². The summed E-state index contributed by atoms with van der Waals surface area (Å²) in [5.74, 6) is 1.05. The van der Waals surface area contributed by atoms with Crippen LogP contribution in [0.25, 0.3) is 10.7 Å². The molecule has 29 heavy (non-hydrogen) atoms. The van der Waals surface area contributed by atoms with E-state index in [1.807, 2.05) is 17.5 Å². The molecule has 9 nitrogen and oxygen atoms in total. The maximum Gasteiger partial charge on any atom is 0.408 e. The summed E-state index contributed by atoms with van der Waals surface area (Å²) in [6.07, 6.45) is -0.588. The summed E-state index contributed by atoms with van der Waals surface area (Å²) in [4.78, 5) is 33.8. The van der Waals surface area contributed by atoms with Gasteiger partial charge in [-0.15, -0.1) is 11.3 Å². The third kappa shape index (κ3) is 6.01. The van der Waals surface area contributed by atoms with Gasteiger partial charge >= 0.3 is 6.09 Å². The van der Waals surface area contributed by atoms with Crippen molar-refractivity contribution in [2.45, 2.75) is 45.9 Å². The Balaban J connectivity index is 1.45. The zero-order chi connectivity index (χ0) is 21.0. The molecule has 3 rings (SSSR count). The van der Waals surface area contributed by atoms with Crippen molar-refractivity contribution in [1.82, 2.24) is 25.3 Å². The van der Waals surface area contributed by atoms with Crippen LogP contribution in [0.4, 0.5) is 4.79 Å². The van der Waals surface area contributed by atoms with Crippen LogP contribution in [0.1, 0.15) is 33.6 Å². The Labute approximate surface area is 174 Å². The van der Waals surface area contributed by atoms with Gasteiger partial charge in [-0.1, -0.05) is 11.2 Å². The molecule has 1 fully saturated rings. The maximum atomic E-state index is 12.6. The molecule has 2 amide bonds. The van der Waals surface area contributed by atoms with Crippen molar-refractivity contribution in [1.29, 1.82) is 0 Å². The Morgan fingerprint density at radius 2 is 2.03 bits per heavy atom. The molecule has 0 unspecified atom stereocenters. The zero-order valence-corrected chi connectivity index (χ0v) is 18.0. The zero-order valence-electron chi connectivity index (χ0n) is 17.2.